The lowest BCUT2D eigenvalue weighted by Crippen LogP contribution is -2.02. The minimum Gasteiger partial charge on any atom is -0.436 e. The highest BCUT2D eigenvalue weighted by Gasteiger charge is 2.03. The molecular weight excluding hydrogens is 219 g/mol. The van der Waals surface area contributed by atoms with Gasteiger partial charge in [-0.2, -0.15) is 0 Å². The number of pyridine rings is 1. The van der Waals surface area contributed by atoms with Gasteiger partial charge in [0, 0.05) is 12.3 Å². The molecule has 4 heteroatoms. The molecule has 0 bridgehead atoms. The van der Waals surface area contributed by atoms with Gasteiger partial charge in [0.2, 0.25) is 5.88 Å². The monoisotopic (exact) mass is 232 g/mol. The maximum absolute atomic E-state index is 13.3. The second-order valence-corrected chi connectivity index (χ2v) is 3.58. The fourth-order valence-corrected chi connectivity index (χ4v) is 1.43. The van der Waals surface area contributed by atoms with Crippen molar-refractivity contribution >= 4 is 0 Å². The van der Waals surface area contributed by atoms with E-state index in [-0.39, 0.29) is 5.75 Å². The number of nitrogens with two attached hydrogens (primary N) is 1. The zero-order valence-electron chi connectivity index (χ0n) is 9.27. The Hall–Kier alpha value is -1.94. The molecule has 0 fully saturated rings. The predicted octanol–water partition coefficient (Wildman–Crippen LogP) is 2.51. The molecule has 3 nitrogen and oxygen atoms in total. The van der Waals surface area contributed by atoms with E-state index >= 15 is 0 Å². The van der Waals surface area contributed by atoms with E-state index in [4.69, 9.17) is 10.5 Å². The Labute approximate surface area is 99.1 Å². The van der Waals surface area contributed by atoms with Gasteiger partial charge in [0.1, 0.15) is 0 Å². The fraction of sp³-hybridized carbons (Fsp3) is 0.154. The molecule has 0 saturated carbocycles. The topological polar surface area (TPSA) is 48.1 Å². The normalized spacial score (nSPS) is 10.2. The van der Waals surface area contributed by atoms with E-state index < -0.39 is 5.82 Å². The van der Waals surface area contributed by atoms with E-state index in [1.54, 1.807) is 30.5 Å². The zero-order valence-corrected chi connectivity index (χ0v) is 9.27. The lowest BCUT2D eigenvalue weighted by atomic mass is 10.2. The highest BCUT2D eigenvalue weighted by atomic mass is 19.1. The Morgan fingerprint density at radius 3 is 2.65 bits per heavy atom. The van der Waals surface area contributed by atoms with Crippen LogP contribution in [0.5, 0.6) is 11.6 Å². The molecule has 1 heterocycles. The van der Waals surface area contributed by atoms with Gasteiger partial charge in [-0.05, 0) is 30.7 Å². The van der Waals surface area contributed by atoms with Crippen LogP contribution in [0.2, 0.25) is 0 Å². The first-order valence-corrected chi connectivity index (χ1v) is 5.37. The average Bonchev–Trinajstić information content (AvgIpc) is 2.35. The predicted molar refractivity (Wildman–Crippen MR) is 63.5 cm³/mol. The molecular formula is C13H13FN2O. The number of ether oxygens (including phenoxy) is 1. The quantitative estimate of drug-likeness (QED) is 0.881. The first-order chi connectivity index (χ1) is 8.29. The third kappa shape index (κ3) is 3.01. The van der Waals surface area contributed by atoms with Crippen LogP contribution in [-0.4, -0.2) is 11.5 Å². The van der Waals surface area contributed by atoms with Gasteiger partial charge in [0.15, 0.2) is 11.6 Å². The van der Waals surface area contributed by atoms with Gasteiger partial charge >= 0.3 is 0 Å². The Bertz CT molecular complexity index is 485. The van der Waals surface area contributed by atoms with Crippen LogP contribution in [0.1, 0.15) is 5.56 Å². The molecule has 2 rings (SSSR count). The van der Waals surface area contributed by atoms with Crippen LogP contribution in [0.25, 0.3) is 0 Å². The molecule has 0 aliphatic carbocycles. The Kier molecular flexibility index (Phi) is 3.67. The highest BCUT2D eigenvalue weighted by molar-refractivity contribution is 5.29. The van der Waals surface area contributed by atoms with Crippen molar-refractivity contribution in [3.63, 3.8) is 0 Å². The molecule has 0 atom stereocenters. The third-order valence-electron chi connectivity index (χ3n) is 2.28. The number of benzene rings is 1. The number of halogens is 1. The van der Waals surface area contributed by atoms with Crippen molar-refractivity contribution in [1.29, 1.82) is 0 Å². The summed E-state index contributed by atoms with van der Waals surface area (Å²) >= 11 is 0. The van der Waals surface area contributed by atoms with Crippen LogP contribution in [-0.2, 0) is 6.42 Å². The van der Waals surface area contributed by atoms with Crippen LogP contribution < -0.4 is 10.5 Å². The largest absolute Gasteiger partial charge is 0.436 e. The summed E-state index contributed by atoms with van der Waals surface area (Å²) in [6, 6.07) is 9.80. The van der Waals surface area contributed by atoms with E-state index in [0.717, 1.165) is 12.0 Å². The number of hydrogen-bond donors (Lipinski definition) is 1. The number of hydrogen-bond acceptors (Lipinski definition) is 3. The summed E-state index contributed by atoms with van der Waals surface area (Å²) in [6.07, 6.45) is 2.45. The number of rotatable bonds is 4. The van der Waals surface area contributed by atoms with Crippen molar-refractivity contribution in [1.82, 2.24) is 4.98 Å². The Morgan fingerprint density at radius 2 is 2.00 bits per heavy atom. The highest BCUT2D eigenvalue weighted by Crippen LogP contribution is 2.22. The lowest BCUT2D eigenvalue weighted by Gasteiger charge is -2.06. The zero-order chi connectivity index (χ0) is 12.1. The molecule has 0 radical (unpaired) electrons. The fourth-order valence-electron chi connectivity index (χ4n) is 1.43. The summed E-state index contributed by atoms with van der Waals surface area (Å²) in [7, 11) is 0. The van der Waals surface area contributed by atoms with Gasteiger partial charge in [-0.3, -0.25) is 0 Å². The SMILES string of the molecule is NCCc1ccc(Oc2ccccc2F)nc1. The van der Waals surface area contributed by atoms with Gasteiger partial charge in [0.05, 0.1) is 0 Å². The van der Waals surface area contributed by atoms with Crippen LogP contribution in [0.3, 0.4) is 0 Å². The van der Waals surface area contributed by atoms with Crippen molar-refractivity contribution in [3.05, 3.63) is 54.0 Å². The van der Waals surface area contributed by atoms with Crippen molar-refractivity contribution in [2.24, 2.45) is 5.73 Å². The van der Waals surface area contributed by atoms with Crippen molar-refractivity contribution in [2.45, 2.75) is 6.42 Å². The standard InChI is InChI=1S/C13H13FN2O/c14-11-3-1-2-4-12(11)17-13-6-5-10(7-8-15)9-16-13/h1-6,9H,7-8,15H2. The minimum absolute atomic E-state index is 0.173. The molecule has 0 aliphatic rings. The number of aromatic nitrogens is 1. The molecule has 0 amide bonds. The minimum atomic E-state index is -0.402. The van der Waals surface area contributed by atoms with Crippen molar-refractivity contribution < 1.29 is 9.13 Å². The first-order valence-electron chi connectivity index (χ1n) is 5.37. The average molecular weight is 232 g/mol. The summed E-state index contributed by atoms with van der Waals surface area (Å²) < 4.78 is 18.6. The van der Waals surface area contributed by atoms with E-state index in [1.807, 2.05) is 6.07 Å². The maximum atomic E-state index is 13.3. The maximum Gasteiger partial charge on any atom is 0.219 e. The smallest absolute Gasteiger partial charge is 0.219 e. The molecule has 17 heavy (non-hydrogen) atoms. The van der Waals surface area contributed by atoms with Gasteiger partial charge in [0.25, 0.3) is 0 Å². The summed E-state index contributed by atoms with van der Waals surface area (Å²) in [4.78, 5) is 4.09. The molecule has 0 spiro atoms. The van der Waals surface area contributed by atoms with Crippen molar-refractivity contribution in [3.8, 4) is 11.6 Å². The number of para-hydroxylation sites is 1. The molecule has 0 unspecified atom stereocenters. The molecule has 1 aromatic carbocycles. The van der Waals surface area contributed by atoms with Crippen LogP contribution in [0, 0.1) is 5.82 Å². The summed E-state index contributed by atoms with van der Waals surface area (Å²) in [6.45, 7) is 0.579. The summed E-state index contributed by atoms with van der Waals surface area (Å²) in [5.74, 6) is 0.141. The van der Waals surface area contributed by atoms with Crippen molar-refractivity contribution in [2.75, 3.05) is 6.54 Å². The molecule has 0 saturated heterocycles. The van der Waals surface area contributed by atoms with Gasteiger partial charge < -0.3 is 10.5 Å². The number of nitrogens with zero attached hydrogens (tertiary/aromatic N) is 1. The Morgan fingerprint density at radius 1 is 1.18 bits per heavy atom. The summed E-state index contributed by atoms with van der Waals surface area (Å²) in [5.41, 5.74) is 6.47. The second-order valence-electron chi connectivity index (χ2n) is 3.58. The molecule has 2 aromatic rings. The van der Waals surface area contributed by atoms with E-state index in [0.29, 0.717) is 12.4 Å². The van der Waals surface area contributed by atoms with Gasteiger partial charge in [-0.25, -0.2) is 9.37 Å². The van der Waals surface area contributed by atoms with Crippen LogP contribution in [0.4, 0.5) is 4.39 Å². The van der Waals surface area contributed by atoms with Gasteiger partial charge in [-0.1, -0.05) is 18.2 Å². The molecule has 1 aromatic heterocycles. The summed E-state index contributed by atoms with van der Waals surface area (Å²) in [5, 5.41) is 0. The van der Waals surface area contributed by atoms with Gasteiger partial charge in [-0.15, -0.1) is 0 Å². The lowest BCUT2D eigenvalue weighted by molar-refractivity contribution is 0.427. The van der Waals surface area contributed by atoms with E-state index in [1.165, 1.54) is 6.07 Å². The van der Waals surface area contributed by atoms with Crippen LogP contribution in [0.15, 0.2) is 42.6 Å². The molecule has 88 valence electrons. The van der Waals surface area contributed by atoms with E-state index in [9.17, 15) is 4.39 Å². The molecule has 0 aliphatic heterocycles. The van der Waals surface area contributed by atoms with Crippen LogP contribution >= 0.6 is 0 Å². The second kappa shape index (κ2) is 5.41. The molecule has 2 N–H and O–H groups in total. The Balaban J connectivity index is 2.11. The first kappa shape index (κ1) is 11.5. The third-order valence-corrected chi connectivity index (χ3v) is 2.28. The van der Waals surface area contributed by atoms with E-state index in [2.05, 4.69) is 4.98 Å².